The van der Waals surface area contributed by atoms with E-state index in [1.54, 1.807) is 6.08 Å². The Balaban J connectivity index is 3.57. The van der Waals surface area contributed by atoms with Crippen molar-refractivity contribution in [3.63, 3.8) is 0 Å². The summed E-state index contributed by atoms with van der Waals surface area (Å²) in [6.07, 6.45) is 54.8. The molecule has 0 aromatic rings. The van der Waals surface area contributed by atoms with Crippen molar-refractivity contribution in [2.75, 3.05) is 6.61 Å². The molecule has 5 heteroatoms. The Bertz CT molecular complexity index is 799. The summed E-state index contributed by atoms with van der Waals surface area (Å²) in [5.74, 6) is -0.315. The number of aliphatic hydroxyl groups is 3. The van der Waals surface area contributed by atoms with Crippen LogP contribution in [0, 0.1) is 0 Å². The van der Waals surface area contributed by atoms with E-state index in [4.69, 9.17) is 0 Å². The molecule has 4 N–H and O–H groups in total. The fourth-order valence-corrected chi connectivity index (χ4v) is 7.51. The van der Waals surface area contributed by atoms with E-state index in [-0.39, 0.29) is 18.9 Å². The Morgan fingerprint density at radius 3 is 1.13 bits per heavy atom. The number of hydrogen-bond acceptors (Lipinski definition) is 4. The first kappa shape index (κ1) is 52.8. The third kappa shape index (κ3) is 40.5. The van der Waals surface area contributed by atoms with Crippen LogP contribution >= 0.6 is 0 Å². The molecule has 0 fully saturated rings. The van der Waals surface area contributed by atoms with Gasteiger partial charge in [0.15, 0.2) is 0 Å². The van der Waals surface area contributed by atoms with E-state index in [0.29, 0.717) is 6.42 Å². The Labute approximate surface area is 337 Å². The van der Waals surface area contributed by atoms with Gasteiger partial charge in [0.1, 0.15) is 0 Å². The lowest BCUT2D eigenvalue weighted by Crippen LogP contribution is -2.45. The summed E-state index contributed by atoms with van der Waals surface area (Å²) in [7, 11) is 0. The number of carbonyl (C=O) groups is 1. The van der Waals surface area contributed by atoms with Crippen LogP contribution < -0.4 is 5.32 Å². The third-order valence-corrected chi connectivity index (χ3v) is 11.2. The number of allylic oxidation sites excluding steroid dienone is 3. The molecule has 0 rings (SSSR count). The number of aliphatic hydroxyl groups excluding tert-OH is 3. The highest BCUT2D eigenvalue weighted by atomic mass is 16.3. The normalized spacial score (nSPS) is 13.6. The molecule has 54 heavy (non-hydrogen) atoms. The molecule has 3 unspecified atom stereocenters. The number of carbonyl (C=O) groups excluding carboxylic acids is 1. The van der Waals surface area contributed by atoms with Crippen molar-refractivity contribution >= 4 is 5.91 Å². The summed E-state index contributed by atoms with van der Waals surface area (Å²) in [5, 5.41) is 33.2. The molecule has 0 aromatic heterocycles. The van der Waals surface area contributed by atoms with Gasteiger partial charge in [-0.25, -0.2) is 0 Å². The van der Waals surface area contributed by atoms with E-state index < -0.39 is 18.2 Å². The van der Waals surface area contributed by atoms with Crippen LogP contribution in [0.2, 0.25) is 0 Å². The minimum atomic E-state index is -0.926. The maximum atomic E-state index is 12.4. The predicted octanol–water partition coefficient (Wildman–Crippen LogP) is 14.2. The first-order valence-corrected chi connectivity index (χ1v) is 24.1. The van der Waals surface area contributed by atoms with E-state index in [2.05, 4.69) is 31.3 Å². The maximum Gasteiger partial charge on any atom is 0.222 e. The average Bonchev–Trinajstić information content (AvgIpc) is 3.16. The SMILES string of the molecule is CCCCCCCCCCCCC/C=C/C(O)C(CO)NC(=O)CC(O)CCCCCCCCCCCC/C=C\CCCCCCCCCCCCCC. The molecular formula is C49H95NO4. The van der Waals surface area contributed by atoms with Gasteiger partial charge in [-0.3, -0.25) is 4.79 Å². The van der Waals surface area contributed by atoms with E-state index in [1.807, 2.05) is 6.08 Å². The first-order chi connectivity index (χ1) is 26.5. The summed E-state index contributed by atoms with van der Waals surface area (Å²) in [6.45, 7) is 4.22. The fourth-order valence-electron chi connectivity index (χ4n) is 7.51. The molecule has 0 saturated carbocycles. The molecule has 0 heterocycles. The molecule has 0 aliphatic rings. The Hall–Kier alpha value is -1.17. The van der Waals surface area contributed by atoms with Gasteiger partial charge in [-0.2, -0.15) is 0 Å². The number of nitrogens with one attached hydrogen (secondary N) is 1. The highest BCUT2D eigenvalue weighted by Crippen LogP contribution is 2.16. The molecule has 0 radical (unpaired) electrons. The Morgan fingerprint density at radius 1 is 0.463 bits per heavy atom. The van der Waals surface area contributed by atoms with Gasteiger partial charge in [0.25, 0.3) is 0 Å². The quantitative estimate of drug-likeness (QED) is 0.0368. The van der Waals surface area contributed by atoms with Crippen LogP contribution in [0.3, 0.4) is 0 Å². The summed E-state index contributed by atoms with van der Waals surface area (Å²) in [5.41, 5.74) is 0. The van der Waals surface area contributed by atoms with Gasteiger partial charge in [-0.15, -0.1) is 0 Å². The van der Waals surface area contributed by atoms with Crippen molar-refractivity contribution in [1.29, 1.82) is 0 Å². The lowest BCUT2D eigenvalue weighted by Gasteiger charge is -2.21. The van der Waals surface area contributed by atoms with Gasteiger partial charge in [0.05, 0.1) is 31.3 Å². The van der Waals surface area contributed by atoms with Crippen molar-refractivity contribution in [3.8, 4) is 0 Å². The van der Waals surface area contributed by atoms with Crippen LogP contribution in [0.1, 0.15) is 258 Å². The van der Waals surface area contributed by atoms with Gasteiger partial charge >= 0.3 is 0 Å². The van der Waals surface area contributed by atoms with Crippen molar-refractivity contribution in [2.24, 2.45) is 0 Å². The smallest absolute Gasteiger partial charge is 0.222 e. The van der Waals surface area contributed by atoms with Crippen molar-refractivity contribution < 1.29 is 20.1 Å². The summed E-state index contributed by atoms with van der Waals surface area (Å²) in [4.78, 5) is 12.4. The fraction of sp³-hybridized carbons (Fsp3) is 0.898. The molecule has 0 aromatic carbocycles. The Kier molecular flexibility index (Phi) is 43.6. The topological polar surface area (TPSA) is 89.8 Å². The van der Waals surface area contributed by atoms with Crippen LogP contribution in [0.4, 0.5) is 0 Å². The minimum Gasteiger partial charge on any atom is -0.394 e. The van der Waals surface area contributed by atoms with Crippen LogP contribution in [0.25, 0.3) is 0 Å². The second kappa shape index (κ2) is 44.5. The average molecular weight is 762 g/mol. The van der Waals surface area contributed by atoms with Gasteiger partial charge in [0.2, 0.25) is 5.91 Å². The number of rotatable bonds is 44. The molecule has 0 saturated heterocycles. The monoisotopic (exact) mass is 762 g/mol. The van der Waals surface area contributed by atoms with Crippen LogP contribution in [-0.4, -0.2) is 46.1 Å². The second-order valence-electron chi connectivity index (χ2n) is 16.7. The minimum absolute atomic E-state index is 0.0148. The number of hydrogen-bond donors (Lipinski definition) is 4. The number of amides is 1. The molecule has 0 spiro atoms. The second-order valence-corrected chi connectivity index (χ2v) is 16.7. The molecule has 0 aliphatic heterocycles. The van der Waals surface area contributed by atoms with Crippen LogP contribution in [0.15, 0.2) is 24.3 Å². The van der Waals surface area contributed by atoms with Crippen molar-refractivity contribution in [3.05, 3.63) is 24.3 Å². The van der Waals surface area contributed by atoms with Gasteiger partial charge in [-0.1, -0.05) is 231 Å². The molecule has 5 nitrogen and oxygen atoms in total. The van der Waals surface area contributed by atoms with Gasteiger partial charge in [-0.05, 0) is 44.9 Å². The molecule has 3 atom stereocenters. The largest absolute Gasteiger partial charge is 0.394 e. The zero-order valence-electron chi connectivity index (χ0n) is 36.4. The summed E-state index contributed by atoms with van der Waals surface area (Å²) in [6, 6.07) is -0.742. The molecule has 0 aliphatic carbocycles. The molecule has 0 bridgehead atoms. The summed E-state index contributed by atoms with van der Waals surface area (Å²) < 4.78 is 0. The third-order valence-electron chi connectivity index (χ3n) is 11.2. The van der Waals surface area contributed by atoms with E-state index in [9.17, 15) is 20.1 Å². The van der Waals surface area contributed by atoms with E-state index in [1.165, 1.54) is 205 Å². The maximum absolute atomic E-state index is 12.4. The van der Waals surface area contributed by atoms with Crippen LogP contribution in [-0.2, 0) is 4.79 Å². The lowest BCUT2D eigenvalue weighted by atomic mass is 10.0. The molecular weight excluding hydrogens is 667 g/mol. The number of unbranched alkanes of at least 4 members (excludes halogenated alkanes) is 33. The standard InChI is InChI=1S/C49H95NO4/c1-3-5-7-9-11-13-15-17-18-19-20-21-22-23-24-25-26-27-28-29-31-32-34-36-38-40-42-46(52)44-49(54)50-47(45-51)48(53)43-41-39-37-35-33-30-16-14-12-10-8-6-4-2/h23-24,41,43,46-48,51-53H,3-22,25-40,42,44-45H2,1-2H3,(H,50,54)/b24-23-,43-41+. The summed E-state index contributed by atoms with van der Waals surface area (Å²) >= 11 is 0. The van der Waals surface area contributed by atoms with E-state index >= 15 is 0 Å². The van der Waals surface area contributed by atoms with Crippen molar-refractivity contribution in [1.82, 2.24) is 5.32 Å². The first-order valence-electron chi connectivity index (χ1n) is 24.1. The van der Waals surface area contributed by atoms with E-state index in [0.717, 1.165) is 25.7 Å². The molecule has 1 amide bonds. The molecule has 320 valence electrons. The zero-order valence-corrected chi connectivity index (χ0v) is 36.4. The predicted molar refractivity (Wildman–Crippen MR) is 236 cm³/mol. The van der Waals surface area contributed by atoms with Crippen LogP contribution in [0.5, 0.6) is 0 Å². The highest BCUT2D eigenvalue weighted by Gasteiger charge is 2.20. The lowest BCUT2D eigenvalue weighted by molar-refractivity contribution is -0.124. The van der Waals surface area contributed by atoms with Gasteiger partial charge in [0, 0.05) is 0 Å². The van der Waals surface area contributed by atoms with Crippen molar-refractivity contribution in [2.45, 2.75) is 276 Å². The zero-order chi connectivity index (χ0) is 39.4. The van der Waals surface area contributed by atoms with Gasteiger partial charge < -0.3 is 20.6 Å². The highest BCUT2D eigenvalue weighted by molar-refractivity contribution is 5.76. The Morgan fingerprint density at radius 2 is 0.778 bits per heavy atom.